The van der Waals surface area contributed by atoms with Gasteiger partial charge in [0.1, 0.15) is 12.2 Å². The van der Waals surface area contributed by atoms with Gasteiger partial charge in [0.05, 0.1) is 17.3 Å². The van der Waals surface area contributed by atoms with Crippen LogP contribution in [0, 0.1) is 6.92 Å². The molecule has 0 aromatic heterocycles. The zero-order valence-corrected chi connectivity index (χ0v) is 22.9. The second kappa shape index (κ2) is 11.4. The Kier molecular flexibility index (Phi) is 8.22. The van der Waals surface area contributed by atoms with E-state index in [4.69, 9.17) is 32.7 Å². The Labute approximate surface area is 232 Å². The summed E-state index contributed by atoms with van der Waals surface area (Å²) in [5.41, 5.74) is 2.11. The molecule has 0 bridgehead atoms. The number of hydrogen-bond acceptors (Lipinski definition) is 5. The normalized spacial score (nSPS) is 14.7. The number of amides is 4. The molecule has 0 atom stereocenters. The number of hydrogen-bond donors (Lipinski definition) is 1. The van der Waals surface area contributed by atoms with E-state index in [-0.39, 0.29) is 22.9 Å². The van der Waals surface area contributed by atoms with E-state index >= 15 is 0 Å². The summed E-state index contributed by atoms with van der Waals surface area (Å²) < 4.78 is 12.6. The zero-order chi connectivity index (χ0) is 26.7. The summed E-state index contributed by atoms with van der Waals surface area (Å²) in [5.74, 6) is -0.938. The number of anilines is 1. The lowest BCUT2D eigenvalue weighted by atomic mass is 10.1. The Bertz CT molecular complexity index is 1420. The van der Waals surface area contributed by atoms with E-state index in [1.807, 2.05) is 31.2 Å². The molecule has 1 aliphatic heterocycles. The summed E-state index contributed by atoms with van der Waals surface area (Å²) in [6.07, 6.45) is 1.35. The lowest BCUT2D eigenvalue weighted by Gasteiger charge is -2.26. The van der Waals surface area contributed by atoms with Gasteiger partial charge in [-0.05, 0) is 73.0 Å². The Balaban J connectivity index is 1.66. The molecule has 1 N–H and O–H groups in total. The highest BCUT2D eigenvalue weighted by atomic mass is 79.9. The topological polar surface area (TPSA) is 84.9 Å². The molecule has 3 aromatic rings. The number of ether oxygens (including phenoxy) is 2. The fourth-order valence-corrected chi connectivity index (χ4v) is 4.30. The van der Waals surface area contributed by atoms with Crippen molar-refractivity contribution in [3.63, 3.8) is 0 Å². The van der Waals surface area contributed by atoms with E-state index < -0.39 is 17.8 Å². The number of urea groups is 1. The average molecular weight is 604 g/mol. The number of nitrogens with one attached hydrogen (secondary N) is 1. The summed E-state index contributed by atoms with van der Waals surface area (Å²) in [4.78, 5) is 39.2. The van der Waals surface area contributed by atoms with Crippen LogP contribution < -0.4 is 19.7 Å². The smallest absolute Gasteiger partial charge is 0.335 e. The van der Waals surface area contributed by atoms with Crippen LogP contribution in [0.3, 0.4) is 0 Å². The first-order valence-corrected chi connectivity index (χ1v) is 12.7. The number of benzene rings is 3. The van der Waals surface area contributed by atoms with Gasteiger partial charge in [0.25, 0.3) is 11.8 Å². The number of rotatable bonds is 7. The molecule has 37 heavy (non-hydrogen) atoms. The molecule has 1 heterocycles. The summed E-state index contributed by atoms with van der Waals surface area (Å²) in [6.45, 7) is 4.20. The molecular formula is C27H21BrCl2N2O5. The number of barbiturate groups is 1. The number of halogens is 3. The maximum absolute atomic E-state index is 13.2. The van der Waals surface area contributed by atoms with E-state index in [1.165, 1.54) is 12.1 Å². The van der Waals surface area contributed by atoms with Gasteiger partial charge in [-0.15, -0.1) is 0 Å². The minimum Gasteiger partial charge on any atom is -0.490 e. The van der Waals surface area contributed by atoms with Crippen LogP contribution in [0.4, 0.5) is 10.5 Å². The molecule has 7 nitrogen and oxygen atoms in total. The zero-order valence-electron chi connectivity index (χ0n) is 19.8. The first kappa shape index (κ1) is 26.7. The van der Waals surface area contributed by atoms with E-state index in [0.717, 1.165) is 20.5 Å². The third kappa shape index (κ3) is 5.98. The fraction of sp³-hybridized carbons (Fsp3) is 0.148. The molecule has 4 rings (SSSR count). The van der Waals surface area contributed by atoms with Crippen molar-refractivity contribution in [1.29, 1.82) is 0 Å². The van der Waals surface area contributed by atoms with Gasteiger partial charge in [-0.1, -0.05) is 57.3 Å². The van der Waals surface area contributed by atoms with Crippen molar-refractivity contribution in [1.82, 2.24) is 5.32 Å². The SMILES string of the molecule is CCOc1cc(/C=C2/C(=O)NC(=O)N(c3ccc(C)c(Cl)c3)C2=O)cc(Cl)c1OCc1ccc(Br)cc1. The molecule has 3 aromatic carbocycles. The van der Waals surface area contributed by atoms with Crippen molar-refractivity contribution in [2.75, 3.05) is 11.5 Å². The summed E-state index contributed by atoms with van der Waals surface area (Å²) in [6, 6.07) is 14.7. The maximum Gasteiger partial charge on any atom is 0.335 e. The molecule has 190 valence electrons. The first-order valence-electron chi connectivity index (χ1n) is 11.2. The summed E-state index contributed by atoms with van der Waals surface area (Å²) in [5, 5.41) is 2.81. The van der Waals surface area contributed by atoms with E-state index in [2.05, 4.69) is 21.2 Å². The van der Waals surface area contributed by atoms with Crippen molar-refractivity contribution in [3.05, 3.63) is 91.4 Å². The number of nitrogens with zero attached hydrogens (tertiary/aromatic N) is 1. The standard InChI is InChI=1S/C27H21BrCl2N2O5/c1-3-36-23-12-17(11-22(30)24(23)37-14-16-5-7-18(28)8-6-16)10-20-25(33)31-27(35)32(26(20)34)19-9-4-15(2)21(29)13-19/h4-13H,3,14H2,1-2H3,(H,31,33,35)/b20-10-. The average Bonchev–Trinajstić information content (AvgIpc) is 2.84. The van der Waals surface area contributed by atoms with E-state index in [9.17, 15) is 14.4 Å². The molecule has 1 saturated heterocycles. The molecule has 0 radical (unpaired) electrons. The highest BCUT2D eigenvalue weighted by molar-refractivity contribution is 9.10. The lowest BCUT2D eigenvalue weighted by Crippen LogP contribution is -2.54. The third-order valence-electron chi connectivity index (χ3n) is 5.45. The quantitative estimate of drug-likeness (QED) is 0.240. The molecule has 0 unspecified atom stereocenters. The van der Waals surface area contributed by atoms with Crippen molar-refractivity contribution < 1.29 is 23.9 Å². The molecule has 4 amide bonds. The molecular weight excluding hydrogens is 583 g/mol. The Hall–Kier alpha value is -3.33. The number of imide groups is 2. The molecule has 0 saturated carbocycles. The van der Waals surface area contributed by atoms with Gasteiger partial charge < -0.3 is 9.47 Å². The van der Waals surface area contributed by atoms with Gasteiger partial charge in [-0.2, -0.15) is 0 Å². The second-order valence-corrected chi connectivity index (χ2v) is 9.80. The van der Waals surface area contributed by atoms with Crippen molar-refractivity contribution in [2.45, 2.75) is 20.5 Å². The second-order valence-electron chi connectivity index (χ2n) is 8.07. The van der Waals surface area contributed by atoms with Gasteiger partial charge in [0, 0.05) is 9.50 Å². The van der Waals surface area contributed by atoms with Gasteiger partial charge in [0.15, 0.2) is 11.5 Å². The van der Waals surface area contributed by atoms with Crippen LogP contribution in [0.15, 0.2) is 64.6 Å². The van der Waals surface area contributed by atoms with Crippen LogP contribution in [-0.4, -0.2) is 24.5 Å². The molecule has 1 fully saturated rings. The first-order chi connectivity index (χ1) is 17.7. The van der Waals surface area contributed by atoms with Crippen molar-refractivity contribution in [3.8, 4) is 11.5 Å². The minimum absolute atomic E-state index is 0.233. The highest BCUT2D eigenvalue weighted by Gasteiger charge is 2.37. The van der Waals surface area contributed by atoms with Crippen molar-refractivity contribution in [2.24, 2.45) is 0 Å². The lowest BCUT2D eigenvalue weighted by molar-refractivity contribution is -0.122. The van der Waals surface area contributed by atoms with Crippen molar-refractivity contribution >= 4 is 68.7 Å². The Morgan fingerprint density at radius 2 is 1.70 bits per heavy atom. The summed E-state index contributed by atoms with van der Waals surface area (Å²) in [7, 11) is 0. The largest absolute Gasteiger partial charge is 0.490 e. The highest BCUT2D eigenvalue weighted by Crippen LogP contribution is 2.38. The van der Waals surface area contributed by atoms with Gasteiger partial charge >= 0.3 is 6.03 Å². The van der Waals surface area contributed by atoms with E-state index in [0.29, 0.717) is 28.7 Å². The van der Waals surface area contributed by atoms with Crippen LogP contribution in [0.5, 0.6) is 11.5 Å². The summed E-state index contributed by atoms with van der Waals surface area (Å²) >= 11 is 16.1. The number of carbonyl (C=O) groups is 3. The number of carbonyl (C=O) groups excluding carboxylic acids is 3. The predicted molar refractivity (Wildman–Crippen MR) is 146 cm³/mol. The number of aryl methyl sites for hydroxylation is 1. The van der Waals surface area contributed by atoms with Crippen LogP contribution in [0.25, 0.3) is 6.08 Å². The third-order valence-corrected chi connectivity index (χ3v) is 6.67. The van der Waals surface area contributed by atoms with Crippen LogP contribution in [0.2, 0.25) is 10.0 Å². The Morgan fingerprint density at radius 3 is 2.38 bits per heavy atom. The van der Waals surface area contributed by atoms with Crippen LogP contribution in [0.1, 0.15) is 23.6 Å². The molecule has 0 aliphatic carbocycles. The molecule has 1 aliphatic rings. The monoisotopic (exact) mass is 602 g/mol. The predicted octanol–water partition coefficient (Wildman–Crippen LogP) is 6.71. The molecule has 10 heteroatoms. The Morgan fingerprint density at radius 1 is 0.973 bits per heavy atom. The van der Waals surface area contributed by atoms with Gasteiger partial charge in [-0.3, -0.25) is 14.9 Å². The minimum atomic E-state index is -0.864. The van der Waals surface area contributed by atoms with Crippen LogP contribution in [-0.2, 0) is 16.2 Å². The van der Waals surface area contributed by atoms with E-state index in [1.54, 1.807) is 31.2 Å². The maximum atomic E-state index is 13.2. The van der Waals surface area contributed by atoms with Gasteiger partial charge in [-0.25, -0.2) is 9.69 Å². The molecule has 0 spiro atoms. The fourth-order valence-electron chi connectivity index (χ4n) is 3.59. The van der Waals surface area contributed by atoms with Gasteiger partial charge in [0.2, 0.25) is 0 Å². The van der Waals surface area contributed by atoms with Crippen LogP contribution >= 0.6 is 39.1 Å².